The molecule has 1 aromatic heterocycles. The van der Waals surface area contributed by atoms with Crippen molar-refractivity contribution < 1.29 is 0 Å². The van der Waals surface area contributed by atoms with E-state index in [9.17, 15) is 0 Å². The van der Waals surface area contributed by atoms with Gasteiger partial charge in [0.2, 0.25) is 0 Å². The number of thiophene rings is 1. The normalized spacial score (nSPS) is 13.6. The number of nitrogens with zero attached hydrogens (tertiary/aromatic N) is 2. The maximum Gasteiger partial charge on any atom is 0.191 e. The second kappa shape index (κ2) is 9.77. The molecule has 1 rings (SSSR count). The summed E-state index contributed by atoms with van der Waals surface area (Å²) >= 11 is 1.77. The Morgan fingerprint density at radius 1 is 1.45 bits per heavy atom. The van der Waals surface area contributed by atoms with Crippen LogP contribution in [0, 0.1) is 0 Å². The van der Waals surface area contributed by atoms with Crippen molar-refractivity contribution in [1.29, 1.82) is 0 Å². The number of likely N-dealkylation sites (N-methyl/N-ethyl adjacent to an activating group) is 1. The Hall–Kier alpha value is -1.07. The first-order chi connectivity index (χ1) is 9.67. The molecular formula is C15H28N4S. The van der Waals surface area contributed by atoms with E-state index in [-0.39, 0.29) is 0 Å². The van der Waals surface area contributed by atoms with Crippen LogP contribution in [0.25, 0.3) is 0 Å². The summed E-state index contributed by atoms with van der Waals surface area (Å²) in [5.41, 5.74) is 0. The summed E-state index contributed by atoms with van der Waals surface area (Å²) < 4.78 is 0. The molecule has 1 heterocycles. The number of rotatable bonds is 8. The highest BCUT2D eigenvalue weighted by molar-refractivity contribution is 7.10. The van der Waals surface area contributed by atoms with Gasteiger partial charge in [-0.3, -0.25) is 4.99 Å². The molecule has 1 aromatic rings. The monoisotopic (exact) mass is 296 g/mol. The van der Waals surface area contributed by atoms with Crippen LogP contribution in [-0.2, 0) is 0 Å². The zero-order valence-corrected chi connectivity index (χ0v) is 14.0. The van der Waals surface area contributed by atoms with Gasteiger partial charge >= 0.3 is 0 Å². The summed E-state index contributed by atoms with van der Waals surface area (Å²) in [6, 6.07) is 4.52. The SMILES string of the molecule is CCCCN(C)CCNC(=NC)NC(C)c1cccs1. The second-order valence-corrected chi connectivity index (χ2v) is 6.02. The van der Waals surface area contributed by atoms with E-state index in [1.807, 2.05) is 7.05 Å². The highest BCUT2D eigenvalue weighted by Crippen LogP contribution is 2.17. The first-order valence-corrected chi connectivity index (χ1v) is 8.24. The molecule has 1 atom stereocenters. The first-order valence-electron chi connectivity index (χ1n) is 7.36. The molecule has 1 unspecified atom stereocenters. The van der Waals surface area contributed by atoms with E-state index in [0.29, 0.717) is 6.04 Å². The summed E-state index contributed by atoms with van der Waals surface area (Å²) in [6.45, 7) is 7.50. The minimum absolute atomic E-state index is 0.291. The van der Waals surface area contributed by atoms with Crippen LogP contribution in [0.15, 0.2) is 22.5 Å². The van der Waals surface area contributed by atoms with E-state index in [4.69, 9.17) is 0 Å². The molecule has 0 spiro atoms. The van der Waals surface area contributed by atoms with E-state index in [1.165, 1.54) is 17.7 Å². The van der Waals surface area contributed by atoms with Gasteiger partial charge in [0.05, 0.1) is 6.04 Å². The second-order valence-electron chi connectivity index (χ2n) is 5.04. The number of guanidine groups is 1. The van der Waals surface area contributed by atoms with Gasteiger partial charge in [-0.15, -0.1) is 11.3 Å². The Bertz CT molecular complexity index is 375. The van der Waals surface area contributed by atoms with Crippen LogP contribution in [0.5, 0.6) is 0 Å². The molecule has 0 aliphatic carbocycles. The van der Waals surface area contributed by atoms with Gasteiger partial charge < -0.3 is 15.5 Å². The maximum absolute atomic E-state index is 4.28. The molecule has 5 heteroatoms. The van der Waals surface area contributed by atoms with E-state index in [1.54, 1.807) is 11.3 Å². The Morgan fingerprint density at radius 2 is 2.25 bits per heavy atom. The average Bonchev–Trinajstić information content (AvgIpc) is 2.98. The molecule has 20 heavy (non-hydrogen) atoms. The van der Waals surface area contributed by atoms with Gasteiger partial charge in [0.25, 0.3) is 0 Å². The number of aliphatic imine (C=N–C) groups is 1. The molecule has 0 aromatic carbocycles. The van der Waals surface area contributed by atoms with Gasteiger partial charge in [-0.05, 0) is 38.4 Å². The van der Waals surface area contributed by atoms with Gasteiger partial charge in [-0.2, -0.15) is 0 Å². The lowest BCUT2D eigenvalue weighted by Gasteiger charge is -2.20. The van der Waals surface area contributed by atoms with Gasteiger partial charge in [0.1, 0.15) is 0 Å². The molecule has 0 aliphatic heterocycles. The summed E-state index contributed by atoms with van der Waals surface area (Å²) in [4.78, 5) is 7.96. The predicted molar refractivity (Wildman–Crippen MR) is 89.6 cm³/mol. The van der Waals surface area contributed by atoms with Crippen LogP contribution in [0.1, 0.15) is 37.6 Å². The third-order valence-electron chi connectivity index (χ3n) is 3.23. The lowest BCUT2D eigenvalue weighted by atomic mass is 10.3. The average molecular weight is 296 g/mol. The molecule has 0 amide bonds. The van der Waals surface area contributed by atoms with Crippen molar-refractivity contribution in [2.75, 3.05) is 33.7 Å². The number of nitrogens with one attached hydrogen (secondary N) is 2. The van der Waals surface area contributed by atoms with Crippen LogP contribution in [0.3, 0.4) is 0 Å². The highest BCUT2D eigenvalue weighted by Gasteiger charge is 2.08. The molecule has 0 fully saturated rings. The van der Waals surface area contributed by atoms with Crippen LogP contribution in [-0.4, -0.2) is 44.6 Å². The number of hydrogen-bond donors (Lipinski definition) is 2. The molecular weight excluding hydrogens is 268 g/mol. The predicted octanol–water partition coefficient (Wildman–Crippen LogP) is 2.71. The Kier molecular flexibility index (Phi) is 8.30. The molecule has 0 saturated carbocycles. The topological polar surface area (TPSA) is 39.7 Å². The molecule has 0 aliphatic rings. The molecule has 0 saturated heterocycles. The standard InChI is InChI=1S/C15H28N4S/c1-5-6-10-19(4)11-9-17-15(16-3)18-13(2)14-8-7-12-20-14/h7-8,12-13H,5-6,9-11H2,1-4H3,(H2,16,17,18). The van der Waals surface area contributed by atoms with Crippen molar-refractivity contribution in [2.45, 2.75) is 32.7 Å². The summed E-state index contributed by atoms with van der Waals surface area (Å²) in [7, 11) is 3.99. The van der Waals surface area contributed by atoms with Gasteiger partial charge in [-0.1, -0.05) is 19.4 Å². The van der Waals surface area contributed by atoms with Gasteiger partial charge in [0, 0.05) is 25.0 Å². The maximum atomic E-state index is 4.28. The lowest BCUT2D eigenvalue weighted by molar-refractivity contribution is 0.332. The minimum Gasteiger partial charge on any atom is -0.355 e. The van der Waals surface area contributed by atoms with Crippen LogP contribution < -0.4 is 10.6 Å². The van der Waals surface area contributed by atoms with E-state index >= 15 is 0 Å². The Balaban J connectivity index is 2.26. The van der Waals surface area contributed by atoms with Crippen molar-refractivity contribution in [3.8, 4) is 0 Å². The zero-order chi connectivity index (χ0) is 14.8. The van der Waals surface area contributed by atoms with Crippen molar-refractivity contribution in [1.82, 2.24) is 15.5 Å². The number of unbranched alkanes of at least 4 members (excludes halogenated alkanes) is 1. The van der Waals surface area contributed by atoms with Crippen molar-refractivity contribution in [3.63, 3.8) is 0 Å². The van der Waals surface area contributed by atoms with E-state index < -0.39 is 0 Å². The quantitative estimate of drug-likeness (QED) is 0.572. The smallest absolute Gasteiger partial charge is 0.191 e. The molecule has 0 bridgehead atoms. The molecule has 114 valence electrons. The zero-order valence-electron chi connectivity index (χ0n) is 13.1. The fourth-order valence-corrected chi connectivity index (χ4v) is 2.65. The van der Waals surface area contributed by atoms with E-state index in [2.05, 4.69) is 58.9 Å². The molecule has 4 nitrogen and oxygen atoms in total. The fourth-order valence-electron chi connectivity index (χ4n) is 1.91. The minimum atomic E-state index is 0.291. The highest BCUT2D eigenvalue weighted by atomic mass is 32.1. The first kappa shape index (κ1) is 17.0. The summed E-state index contributed by atoms with van der Waals surface area (Å²) in [5.74, 6) is 0.870. The van der Waals surface area contributed by atoms with E-state index in [0.717, 1.165) is 25.6 Å². The van der Waals surface area contributed by atoms with Crippen molar-refractivity contribution in [3.05, 3.63) is 22.4 Å². The lowest BCUT2D eigenvalue weighted by Crippen LogP contribution is -2.41. The largest absolute Gasteiger partial charge is 0.355 e. The van der Waals surface area contributed by atoms with Crippen LogP contribution in [0.4, 0.5) is 0 Å². The van der Waals surface area contributed by atoms with Crippen LogP contribution in [0.2, 0.25) is 0 Å². The summed E-state index contributed by atoms with van der Waals surface area (Å²) in [6.07, 6.45) is 2.51. The van der Waals surface area contributed by atoms with Crippen LogP contribution >= 0.6 is 11.3 Å². The number of hydrogen-bond acceptors (Lipinski definition) is 3. The summed E-state index contributed by atoms with van der Waals surface area (Å²) in [5, 5.41) is 8.89. The van der Waals surface area contributed by atoms with Crippen molar-refractivity contribution in [2.24, 2.45) is 4.99 Å². The van der Waals surface area contributed by atoms with Gasteiger partial charge in [-0.25, -0.2) is 0 Å². The molecule has 2 N–H and O–H groups in total. The van der Waals surface area contributed by atoms with Gasteiger partial charge in [0.15, 0.2) is 5.96 Å². The Morgan fingerprint density at radius 3 is 2.85 bits per heavy atom. The third-order valence-corrected chi connectivity index (χ3v) is 4.28. The molecule has 0 radical (unpaired) electrons. The third kappa shape index (κ3) is 6.39. The van der Waals surface area contributed by atoms with Crippen molar-refractivity contribution >= 4 is 17.3 Å². The Labute approximate surface area is 127 Å². The fraction of sp³-hybridized carbons (Fsp3) is 0.667.